The standard InChI is InChI=1S/C12H18N6O/c13-11-3-7-18(16-11)9-12(19)15-4-1-2-6-17-8-5-14-10-17/h3,5,7-8,10H,1-2,4,6,9H2,(H2,13,16)(H,15,19). The first kappa shape index (κ1) is 13.1. The summed E-state index contributed by atoms with van der Waals surface area (Å²) in [5.41, 5.74) is 5.47. The van der Waals surface area contributed by atoms with E-state index in [1.165, 1.54) is 4.68 Å². The third-order valence-corrected chi connectivity index (χ3v) is 2.69. The lowest BCUT2D eigenvalue weighted by Crippen LogP contribution is -2.28. The van der Waals surface area contributed by atoms with Gasteiger partial charge in [0.15, 0.2) is 0 Å². The van der Waals surface area contributed by atoms with Gasteiger partial charge in [0.2, 0.25) is 5.91 Å². The fraction of sp³-hybridized carbons (Fsp3) is 0.417. The van der Waals surface area contributed by atoms with Crippen molar-refractivity contribution in [2.24, 2.45) is 0 Å². The molecule has 102 valence electrons. The van der Waals surface area contributed by atoms with Crippen LogP contribution in [0.15, 0.2) is 31.0 Å². The van der Waals surface area contributed by atoms with E-state index in [9.17, 15) is 4.79 Å². The van der Waals surface area contributed by atoms with E-state index in [-0.39, 0.29) is 12.5 Å². The number of aromatic nitrogens is 4. The van der Waals surface area contributed by atoms with E-state index in [0.29, 0.717) is 12.4 Å². The zero-order valence-corrected chi connectivity index (χ0v) is 10.7. The number of unbranched alkanes of at least 4 members (excludes halogenated alkanes) is 1. The Kier molecular flexibility index (Phi) is 4.54. The van der Waals surface area contributed by atoms with Crippen molar-refractivity contribution in [3.8, 4) is 0 Å². The molecule has 0 unspecified atom stereocenters. The number of carbonyl (C=O) groups excluding carboxylic acids is 1. The largest absolute Gasteiger partial charge is 0.382 e. The molecule has 19 heavy (non-hydrogen) atoms. The molecule has 2 rings (SSSR count). The molecule has 0 bridgehead atoms. The van der Waals surface area contributed by atoms with Gasteiger partial charge in [-0.3, -0.25) is 9.48 Å². The fourth-order valence-corrected chi connectivity index (χ4v) is 1.73. The third kappa shape index (κ3) is 4.46. The first-order chi connectivity index (χ1) is 9.24. The zero-order valence-electron chi connectivity index (χ0n) is 10.7. The van der Waals surface area contributed by atoms with Gasteiger partial charge in [-0.1, -0.05) is 0 Å². The molecule has 0 aliphatic heterocycles. The smallest absolute Gasteiger partial charge is 0.241 e. The highest BCUT2D eigenvalue weighted by molar-refractivity contribution is 5.75. The van der Waals surface area contributed by atoms with Crippen LogP contribution in [0.25, 0.3) is 0 Å². The molecule has 0 fully saturated rings. The van der Waals surface area contributed by atoms with Gasteiger partial charge in [0, 0.05) is 31.7 Å². The molecule has 7 nitrogen and oxygen atoms in total. The Morgan fingerprint density at radius 2 is 2.26 bits per heavy atom. The van der Waals surface area contributed by atoms with Crippen LogP contribution in [0.1, 0.15) is 12.8 Å². The number of anilines is 1. The van der Waals surface area contributed by atoms with Crippen LogP contribution in [0.3, 0.4) is 0 Å². The maximum Gasteiger partial charge on any atom is 0.241 e. The second-order valence-corrected chi connectivity index (χ2v) is 4.30. The van der Waals surface area contributed by atoms with Crippen molar-refractivity contribution in [1.29, 1.82) is 0 Å². The molecule has 0 saturated heterocycles. The average Bonchev–Trinajstić information content (AvgIpc) is 3.01. The molecule has 2 aromatic heterocycles. The van der Waals surface area contributed by atoms with Gasteiger partial charge < -0.3 is 15.6 Å². The summed E-state index contributed by atoms with van der Waals surface area (Å²) < 4.78 is 3.55. The monoisotopic (exact) mass is 262 g/mol. The molecular formula is C12H18N6O. The van der Waals surface area contributed by atoms with Crippen molar-refractivity contribution < 1.29 is 4.79 Å². The van der Waals surface area contributed by atoms with Gasteiger partial charge in [0.05, 0.1) is 6.33 Å². The number of hydrogen-bond acceptors (Lipinski definition) is 4. The highest BCUT2D eigenvalue weighted by Gasteiger charge is 2.02. The summed E-state index contributed by atoms with van der Waals surface area (Å²) in [5.74, 6) is 0.374. The number of aryl methyl sites for hydroxylation is 1. The first-order valence-corrected chi connectivity index (χ1v) is 6.25. The van der Waals surface area contributed by atoms with E-state index in [1.807, 2.05) is 10.8 Å². The van der Waals surface area contributed by atoms with Crippen LogP contribution in [0.5, 0.6) is 0 Å². The molecule has 0 saturated carbocycles. The molecule has 0 aliphatic carbocycles. The van der Waals surface area contributed by atoms with Crippen LogP contribution < -0.4 is 11.1 Å². The summed E-state index contributed by atoms with van der Waals surface area (Å²) >= 11 is 0. The second-order valence-electron chi connectivity index (χ2n) is 4.30. The summed E-state index contributed by atoms with van der Waals surface area (Å²) in [6.45, 7) is 1.80. The number of nitrogens with two attached hydrogens (primary N) is 1. The quantitative estimate of drug-likeness (QED) is 0.700. The van der Waals surface area contributed by atoms with Crippen molar-refractivity contribution in [3.05, 3.63) is 31.0 Å². The minimum Gasteiger partial charge on any atom is -0.382 e. The van der Waals surface area contributed by atoms with Gasteiger partial charge in [0.1, 0.15) is 12.4 Å². The predicted octanol–water partition coefficient (Wildman–Crippen LogP) is 0.258. The maximum atomic E-state index is 11.6. The van der Waals surface area contributed by atoms with Gasteiger partial charge in [-0.15, -0.1) is 0 Å². The van der Waals surface area contributed by atoms with Gasteiger partial charge >= 0.3 is 0 Å². The minimum atomic E-state index is -0.0502. The number of imidazole rings is 1. The molecule has 3 N–H and O–H groups in total. The molecule has 7 heteroatoms. The fourth-order valence-electron chi connectivity index (χ4n) is 1.73. The highest BCUT2D eigenvalue weighted by atomic mass is 16.2. The Hall–Kier alpha value is -2.31. The summed E-state index contributed by atoms with van der Waals surface area (Å²) in [4.78, 5) is 15.6. The van der Waals surface area contributed by atoms with Crippen LogP contribution in [-0.2, 0) is 17.9 Å². The van der Waals surface area contributed by atoms with E-state index in [4.69, 9.17) is 5.73 Å². The number of nitrogens with zero attached hydrogens (tertiary/aromatic N) is 4. The van der Waals surface area contributed by atoms with Gasteiger partial charge in [-0.05, 0) is 18.9 Å². The Morgan fingerprint density at radius 1 is 1.37 bits per heavy atom. The van der Waals surface area contributed by atoms with Gasteiger partial charge in [-0.25, -0.2) is 4.98 Å². The number of amides is 1. The first-order valence-electron chi connectivity index (χ1n) is 6.25. The molecule has 0 radical (unpaired) electrons. The third-order valence-electron chi connectivity index (χ3n) is 2.69. The number of hydrogen-bond donors (Lipinski definition) is 2. The predicted molar refractivity (Wildman–Crippen MR) is 71.1 cm³/mol. The van der Waals surface area contributed by atoms with Crippen molar-refractivity contribution in [2.45, 2.75) is 25.9 Å². The van der Waals surface area contributed by atoms with E-state index < -0.39 is 0 Å². The van der Waals surface area contributed by atoms with Gasteiger partial charge in [0.25, 0.3) is 0 Å². The minimum absolute atomic E-state index is 0.0502. The van der Waals surface area contributed by atoms with E-state index in [0.717, 1.165) is 19.4 Å². The molecule has 0 spiro atoms. The topological polar surface area (TPSA) is 90.8 Å². The zero-order chi connectivity index (χ0) is 13.5. The lowest BCUT2D eigenvalue weighted by atomic mass is 10.3. The molecule has 0 aliphatic rings. The molecule has 0 atom stereocenters. The molecule has 1 amide bonds. The van der Waals surface area contributed by atoms with Crippen molar-refractivity contribution in [1.82, 2.24) is 24.6 Å². The molecule has 2 aromatic rings. The number of nitrogens with one attached hydrogen (secondary N) is 1. The van der Waals surface area contributed by atoms with Crippen molar-refractivity contribution in [3.63, 3.8) is 0 Å². The van der Waals surface area contributed by atoms with E-state index in [1.54, 1.807) is 24.8 Å². The summed E-state index contributed by atoms with van der Waals surface area (Å²) in [6, 6.07) is 1.67. The molecular weight excluding hydrogens is 244 g/mol. The van der Waals surface area contributed by atoms with Crippen LogP contribution in [-0.4, -0.2) is 31.8 Å². The average molecular weight is 262 g/mol. The molecule has 2 heterocycles. The van der Waals surface area contributed by atoms with Crippen molar-refractivity contribution >= 4 is 11.7 Å². The van der Waals surface area contributed by atoms with Crippen LogP contribution >= 0.6 is 0 Å². The number of nitrogen functional groups attached to an aromatic ring is 1. The Bertz CT molecular complexity index is 504. The van der Waals surface area contributed by atoms with Crippen LogP contribution in [0.4, 0.5) is 5.82 Å². The lowest BCUT2D eigenvalue weighted by molar-refractivity contribution is -0.121. The normalized spacial score (nSPS) is 10.5. The Morgan fingerprint density at radius 3 is 2.95 bits per heavy atom. The summed E-state index contributed by atoms with van der Waals surface area (Å²) in [5, 5.41) is 6.81. The van der Waals surface area contributed by atoms with Crippen molar-refractivity contribution in [2.75, 3.05) is 12.3 Å². The van der Waals surface area contributed by atoms with Crippen LogP contribution in [0, 0.1) is 0 Å². The van der Waals surface area contributed by atoms with Gasteiger partial charge in [-0.2, -0.15) is 5.10 Å². The number of rotatable bonds is 7. The SMILES string of the molecule is Nc1ccn(CC(=O)NCCCCn2ccnc2)n1. The highest BCUT2D eigenvalue weighted by Crippen LogP contribution is 1.96. The lowest BCUT2D eigenvalue weighted by Gasteiger charge is -2.05. The number of carbonyl (C=O) groups is 1. The second kappa shape index (κ2) is 6.58. The Labute approximate surface area is 111 Å². The summed E-state index contributed by atoms with van der Waals surface area (Å²) in [7, 11) is 0. The molecule has 0 aromatic carbocycles. The Balaban J connectivity index is 1.56. The van der Waals surface area contributed by atoms with Crippen LogP contribution in [0.2, 0.25) is 0 Å². The van der Waals surface area contributed by atoms with E-state index >= 15 is 0 Å². The van der Waals surface area contributed by atoms with E-state index in [2.05, 4.69) is 15.4 Å². The summed E-state index contributed by atoms with van der Waals surface area (Å²) in [6.07, 6.45) is 9.11. The maximum absolute atomic E-state index is 11.6.